The van der Waals surface area contributed by atoms with Gasteiger partial charge in [0.15, 0.2) is 0 Å². The first-order chi connectivity index (χ1) is 7.80. The molecule has 1 fully saturated rings. The highest BCUT2D eigenvalue weighted by Gasteiger charge is 2.32. The van der Waals surface area contributed by atoms with Gasteiger partial charge in [-0.25, -0.2) is 0 Å². The third-order valence-corrected chi connectivity index (χ3v) is 4.51. The predicted octanol–water partition coefficient (Wildman–Crippen LogP) is 2.42. The van der Waals surface area contributed by atoms with E-state index in [9.17, 15) is 0 Å². The molecule has 0 radical (unpaired) electrons. The fourth-order valence-corrected chi connectivity index (χ4v) is 3.60. The first-order valence-electron chi connectivity index (χ1n) is 5.73. The number of nitrogens with two attached hydrogens (primary N) is 1. The Hall–Kier alpha value is -0.670. The summed E-state index contributed by atoms with van der Waals surface area (Å²) in [6.45, 7) is 0.737. The van der Waals surface area contributed by atoms with Crippen LogP contribution in [0.3, 0.4) is 0 Å². The van der Waals surface area contributed by atoms with E-state index in [0.717, 1.165) is 12.3 Å². The fraction of sp³-hybridized carbons (Fsp3) is 0.538. The molecule has 2 rings (SSSR count). The summed E-state index contributed by atoms with van der Waals surface area (Å²) in [5.41, 5.74) is 7.53. The maximum Gasteiger partial charge on any atom is 0.119 e. The molecule has 0 saturated carbocycles. The Bertz CT molecular complexity index is 348. The molecule has 0 aliphatic carbocycles. The van der Waals surface area contributed by atoms with Gasteiger partial charge in [-0.3, -0.25) is 0 Å². The molecule has 16 heavy (non-hydrogen) atoms. The lowest BCUT2D eigenvalue weighted by molar-refractivity contribution is 0.392. The second kappa shape index (κ2) is 5.11. The molecule has 1 aliphatic rings. The smallest absolute Gasteiger partial charge is 0.119 e. The Kier molecular flexibility index (Phi) is 3.77. The second-order valence-corrected chi connectivity index (χ2v) is 5.55. The van der Waals surface area contributed by atoms with E-state index in [1.165, 1.54) is 29.9 Å². The van der Waals surface area contributed by atoms with E-state index >= 15 is 0 Å². The largest absolute Gasteiger partial charge is 0.497 e. The highest BCUT2D eigenvalue weighted by Crippen LogP contribution is 2.38. The molecule has 0 bridgehead atoms. The van der Waals surface area contributed by atoms with Crippen LogP contribution in [0.15, 0.2) is 24.3 Å². The van der Waals surface area contributed by atoms with Crippen molar-refractivity contribution in [3.8, 4) is 5.75 Å². The molecule has 2 N–H and O–H groups in total. The Labute approximate surface area is 102 Å². The molecule has 1 aromatic carbocycles. The van der Waals surface area contributed by atoms with Crippen molar-refractivity contribution in [2.24, 2.45) is 5.73 Å². The molecule has 88 valence electrons. The zero-order chi connectivity index (χ0) is 11.4. The van der Waals surface area contributed by atoms with Crippen molar-refractivity contribution in [2.75, 3.05) is 25.2 Å². The van der Waals surface area contributed by atoms with Crippen LogP contribution in [0.1, 0.15) is 18.4 Å². The lowest BCUT2D eigenvalue weighted by atomic mass is 9.75. The van der Waals surface area contributed by atoms with E-state index in [0.29, 0.717) is 0 Å². The van der Waals surface area contributed by atoms with E-state index in [1.54, 1.807) is 7.11 Å². The summed E-state index contributed by atoms with van der Waals surface area (Å²) in [7, 11) is 1.71. The van der Waals surface area contributed by atoms with Crippen LogP contribution in [-0.4, -0.2) is 25.2 Å². The third-order valence-electron chi connectivity index (χ3n) is 3.52. The van der Waals surface area contributed by atoms with Gasteiger partial charge in [0, 0.05) is 12.0 Å². The van der Waals surface area contributed by atoms with Gasteiger partial charge in [0.1, 0.15) is 5.75 Å². The second-order valence-electron chi connectivity index (χ2n) is 4.33. The first kappa shape index (κ1) is 11.8. The molecule has 1 saturated heterocycles. The van der Waals surface area contributed by atoms with Crippen LogP contribution in [0, 0.1) is 0 Å². The van der Waals surface area contributed by atoms with Crippen molar-refractivity contribution >= 4 is 11.8 Å². The highest BCUT2D eigenvalue weighted by atomic mass is 32.2. The Morgan fingerprint density at radius 2 is 2.12 bits per heavy atom. The summed E-state index contributed by atoms with van der Waals surface area (Å²) in [6.07, 6.45) is 2.36. The maximum atomic E-state index is 6.01. The zero-order valence-electron chi connectivity index (χ0n) is 9.74. The Morgan fingerprint density at radius 1 is 1.38 bits per heavy atom. The monoisotopic (exact) mass is 237 g/mol. The third kappa shape index (κ3) is 2.20. The summed E-state index contributed by atoms with van der Waals surface area (Å²) in [5.74, 6) is 3.37. The van der Waals surface area contributed by atoms with Crippen molar-refractivity contribution in [3.63, 3.8) is 0 Å². The number of rotatable bonds is 3. The summed E-state index contributed by atoms with van der Waals surface area (Å²) in [4.78, 5) is 0. The van der Waals surface area contributed by atoms with Gasteiger partial charge in [0.25, 0.3) is 0 Å². The summed E-state index contributed by atoms with van der Waals surface area (Å²) < 4.78 is 5.29. The quantitative estimate of drug-likeness (QED) is 0.877. The lowest BCUT2D eigenvalue weighted by Crippen LogP contribution is -2.38. The average molecular weight is 237 g/mol. The molecule has 0 aromatic heterocycles. The van der Waals surface area contributed by atoms with E-state index in [4.69, 9.17) is 10.5 Å². The lowest BCUT2D eigenvalue weighted by Gasteiger charge is -2.36. The van der Waals surface area contributed by atoms with Gasteiger partial charge in [0.05, 0.1) is 7.11 Å². The average Bonchev–Trinajstić information content (AvgIpc) is 2.39. The fourth-order valence-electron chi connectivity index (χ4n) is 2.33. The molecule has 0 unspecified atom stereocenters. The number of ether oxygens (including phenoxy) is 1. The Balaban J connectivity index is 2.31. The Morgan fingerprint density at radius 3 is 2.75 bits per heavy atom. The molecule has 3 heteroatoms. The molecule has 0 amide bonds. The molecule has 1 aromatic rings. The van der Waals surface area contributed by atoms with Gasteiger partial charge in [-0.1, -0.05) is 12.1 Å². The van der Waals surface area contributed by atoms with Gasteiger partial charge < -0.3 is 10.5 Å². The summed E-state index contributed by atoms with van der Waals surface area (Å²) in [5, 5.41) is 0. The van der Waals surface area contributed by atoms with Gasteiger partial charge in [-0.15, -0.1) is 0 Å². The SMILES string of the molecule is COc1cccc(C2(CN)CCSCC2)c1. The van der Waals surface area contributed by atoms with E-state index < -0.39 is 0 Å². The zero-order valence-corrected chi connectivity index (χ0v) is 10.6. The van der Waals surface area contributed by atoms with Crippen molar-refractivity contribution in [2.45, 2.75) is 18.3 Å². The molecule has 0 atom stereocenters. The van der Waals surface area contributed by atoms with Crippen molar-refractivity contribution in [3.05, 3.63) is 29.8 Å². The topological polar surface area (TPSA) is 35.2 Å². The van der Waals surface area contributed by atoms with Crippen LogP contribution in [0.25, 0.3) is 0 Å². The molecule has 1 aliphatic heterocycles. The summed E-state index contributed by atoms with van der Waals surface area (Å²) >= 11 is 2.03. The molecular weight excluding hydrogens is 218 g/mol. The molecule has 2 nitrogen and oxygen atoms in total. The van der Waals surface area contributed by atoms with Crippen LogP contribution in [0.5, 0.6) is 5.75 Å². The van der Waals surface area contributed by atoms with Crippen molar-refractivity contribution in [1.29, 1.82) is 0 Å². The van der Waals surface area contributed by atoms with E-state index in [1.807, 2.05) is 17.8 Å². The van der Waals surface area contributed by atoms with E-state index in [2.05, 4.69) is 18.2 Å². The normalized spacial score (nSPS) is 19.4. The molecular formula is C13H19NOS. The van der Waals surface area contributed by atoms with Gasteiger partial charge in [-0.05, 0) is 42.0 Å². The van der Waals surface area contributed by atoms with Gasteiger partial charge in [-0.2, -0.15) is 11.8 Å². The number of thioether (sulfide) groups is 1. The number of hydrogen-bond acceptors (Lipinski definition) is 3. The number of benzene rings is 1. The van der Waals surface area contributed by atoms with Crippen LogP contribution >= 0.6 is 11.8 Å². The first-order valence-corrected chi connectivity index (χ1v) is 6.88. The highest BCUT2D eigenvalue weighted by molar-refractivity contribution is 7.99. The minimum absolute atomic E-state index is 0.180. The van der Waals surface area contributed by atoms with Crippen LogP contribution in [-0.2, 0) is 5.41 Å². The summed E-state index contributed by atoms with van der Waals surface area (Å²) in [6, 6.07) is 8.38. The number of methoxy groups -OCH3 is 1. The molecule has 0 spiro atoms. The minimum Gasteiger partial charge on any atom is -0.497 e. The van der Waals surface area contributed by atoms with Crippen LogP contribution in [0.4, 0.5) is 0 Å². The minimum atomic E-state index is 0.180. The van der Waals surface area contributed by atoms with Crippen LogP contribution < -0.4 is 10.5 Å². The van der Waals surface area contributed by atoms with Crippen molar-refractivity contribution in [1.82, 2.24) is 0 Å². The predicted molar refractivity (Wildman–Crippen MR) is 70.3 cm³/mol. The molecule has 1 heterocycles. The van der Waals surface area contributed by atoms with Gasteiger partial charge in [0.2, 0.25) is 0 Å². The van der Waals surface area contributed by atoms with Crippen LogP contribution in [0.2, 0.25) is 0 Å². The number of hydrogen-bond donors (Lipinski definition) is 1. The standard InChI is InChI=1S/C13H19NOS/c1-15-12-4-2-3-11(9-12)13(10-14)5-7-16-8-6-13/h2-4,9H,5-8,10,14H2,1H3. The van der Waals surface area contributed by atoms with E-state index in [-0.39, 0.29) is 5.41 Å². The van der Waals surface area contributed by atoms with Crippen molar-refractivity contribution < 1.29 is 4.74 Å². The maximum absolute atomic E-state index is 6.01. The van der Waals surface area contributed by atoms with Gasteiger partial charge >= 0.3 is 0 Å².